The van der Waals surface area contributed by atoms with Crippen molar-refractivity contribution in [3.8, 4) is 0 Å². The standard InChI is InChI=1S/C14H19NO2/c1-11-2-4-12(5-3-11)14(9-16-10-14)13-8-15-6-7-17-13/h2-5,13,15H,6-10H2,1H3. The quantitative estimate of drug-likeness (QED) is 0.834. The highest BCUT2D eigenvalue weighted by molar-refractivity contribution is 5.32. The zero-order chi connectivity index (χ0) is 11.7. The topological polar surface area (TPSA) is 30.5 Å². The lowest BCUT2D eigenvalue weighted by Crippen LogP contribution is -2.61. The van der Waals surface area contributed by atoms with E-state index in [-0.39, 0.29) is 11.5 Å². The van der Waals surface area contributed by atoms with Gasteiger partial charge in [-0.1, -0.05) is 29.8 Å². The summed E-state index contributed by atoms with van der Waals surface area (Å²) in [5.41, 5.74) is 2.72. The molecule has 92 valence electrons. The molecule has 1 unspecified atom stereocenters. The molecular formula is C14H19NO2. The number of rotatable bonds is 2. The van der Waals surface area contributed by atoms with Crippen molar-refractivity contribution in [3.63, 3.8) is 0 Å². The van der Waals surface area contributed by atoms with Crippen molar-refractivity contribution in [2.24, 2.45) is 0 Å². The first kappa shape index (κ1) is 11.2. The fourth-order valence-electron chi connectivity index (χ4n) is 2.67. The number of aryl methyl sites for hydroxylation is 1. The first-order valence-corrected chi connectivity index (χ1v) is 6.28. The van der Waals surface area contributed by atoms with Crippen molar-refractivity contribution in [1.82, 2.24) is 5.32 Å². The summed E-state index contributed by atoms with van der Waals surface area (Å²) in [6.45, 7) is 6.37. The fourth-order valence-corrected chi connectivity index (χ4v) is 2.67. The third-order valence-electron chi connectivity index (χ3n) is 3.89. The summed E-state index contributed by atoms with van der Waals surface area (Å²) in [7, 11) is 0. The van der Waals surface area contributed by atoms with Gasteiger partial charge in [0.05, 0.1) is 31.3 Å². The Balaban J connectivity index is 1.87. The molecule has 0 bridgehead atoms. The Kier molecular flexibility index (Phi) is 2.90. The smallest absolute Gasteiger partial charge is 0.0841 e. The van der Waals surface area contributed by atoms with Gasteiger partial charge >= 0.3 is 0 Å². The largest absolute Gasteiger partial charge is 0.379 e. The van der Waals surface area contributed by atoms with Crippen molar-refractivity contribution < 1.29 is 9.47 Å². The maximum atomic E-state index is 5.93. The van der Waals surface area contributed by atoms with Gasteiger partial charge in [0.1, 0.15) is 0 Å². The zero-order valence-electron chi connectivity index (χ0n) is 10.2. The van der Waals surface area contributed by atoms with Gasteiger partial charge in [0.15, 0.2) is 0 Å². The van der Waals surface area contributed by atoms with E-state index in [0.717, 1.165) is 32.9 Å². The molecule has 1 atom stereocenters. The van der Waals surface area contributed by atoms with E-state index in [1.54, 1.807) is 0 Å². The van der Waals surface area contributed by atoms with Crippen molar-refractivity contribution in [2.75, 3.05) is 32.9 Å². The van der Waals surface area contributed by atoms with Gasteiger partial charge in [0.25, 0.3) is 0 Å². The maximum Gasteiger partial charge on any atom is 0.0841 e. The lowest BCUT2D eigenvalue weighted by atomic mass is 9.73. The molecule has 2 aliphatic rings. The van der Waals surface area contributed by atoms with E-state index in [1.807, 2.05) is 0 Å². The van der Waals surface area contributed by atoms with Crippen molar-refractivity contribution in [1.29, 1.82) is 0 Å². The predicted molar refractivity (Wildman–Crippen MR) is 66.3 cm³/mol. The molecule has 2 heterocycles. The molecule has 1 aromatic rings. The van der Waals surface area contributed by atoms with Gasteiger partial charge in [-0.15, -0.1) is 0 Å². The molecule has 2 fully saturated rings. The minimum Gasteiger partial charge on any atom is -0.379 e. The van der Waals surface area contributed by atoms with E-state index in [1.165, 1.54) is 11.1 Å². The van der Waals surface area contributed by atoms with Crippen LogP contribution in [0.1, 0.15) is 11.1 Å². The summed E-state index contributed by atoms with van der Waals surface area (Å²) in [6, 6.07) is 8.78. The Morgan fingerprint density at radius 2 is 2.00 bits per heavy atom. The molecule has 3 heteroatoms. The lowest BCUT2D eigenvalue weighted by Gasteiger charge is -2.48. The number of hydrogen-bond donors (Lipinski definition) is 1. The van der Waals surface area contributed by atoms with Gasteiger partial charge in [-0.2, -0.15) is 0 Å². The van der Waals surface area contributed by atoms with E-state index in [4.69, 9.17) is 9.47 Å². The highest BCUT2D eigenvalue weighted by atomic mass is 16.5. The Morgan fingerprint density at radius 1 is 1.24 bits per heavy atom. The van der Waals surface area contributed by atoms with Crippen LogP contribution in [-0.4, -0.2) is 39.0 Å². The highest BCUT2D eigenvalue weighted by Crippen LogP contribution is 2.37. The number of hydrogen-bond acceptors (Lipinski definition) is 3. The van der Waals surface area contributed by atoms with Gasteiger partial charge in [0.2, 0.25) is 0 Å². The second kappa shape index (κ2) is 4.41. The third kappa shape index (κ3) is 1.88. The summed E-state index contributed by atoms with van der Waals surface area (Å²) in [4.78, 5) is 0. The van der Waals surface area contributed by atoms with Gasteiger partial charge in [-0.05, 0) is 12.5 Å². The van der Waals surface area contributed by atoms with Gasteiger partial charge in [-0.3, -0.25) is 0 Å². The average molecular weight is 233 g/mol. The molecule has 2 saturated heterocycles. The molecule has 0 spiro atoms. The molecule has 0 aliphatic carbocycles. The number of nitrogens with one attached hydrogen (secondary N) is 1. The number of ether oxygens (including phenoxy) is 2. The Labute approximate surface area is 102 Å². The average Bonchev–Trinajstić information content (AvgIpc) is 2.32. The number of benzene rings is 1. The van der Waals surface area contributed by atoms with Crippen LogP contribution in [0.2, 0.25) is 0 Å². The minimum atomic E-state index is 0.0706. The van der Waals surface area contributed by atoms with E-state index in [9.17, 15) is 0 Å². The second-order valence-corrected chi connectivity index (χ2v) is 5.08. The molecule has 0 aromatic heterocycles. The summed E-state index contributed by atoms with van der Waals surface area (Å²) in [6.07, 6.45) is 0.243. The zero-order valence-corrected chi connectivity index (χ0v) is 10.2. The van der Waals surface area contributed by atoms with Crippen LogP contribution in [0.3, 0.4) is 0 Å². The fraction of sp³-hybridized carbons (Fsp3) is 0.571. The lowest BCUT2D eigenvalue weighted by molar-refractivity contribution is -0.146. The molecular weight excluding hydrogens is 214 g/mol. The van der Waals surface area contributed by atoms with Crippen LogP contribution in [0.25, 0.3) is 0 Å². The van der Waals surface area contributed by atoms with E-state index in [0.29, 0.717) is 0 Å². The molecule has 17 heavy (non-hydrogen) atoms. The molecule has 3 rings (SSSR count). The van der Waals surface area contributed by atoms with Crippen LogP contribution in [0.4, 0.5) is 0 Å². The van der Waals surface area contributed by atoms with Crippen LogP contribution in [0, 0.1) is 6.92 Å². The Morgan fingerprint density at radius 3 is 2.53 bits per heavy atom. The van der Waals surface area contributed by atoms with Crippen molar-refractivity contribution in [2.45, 2.75) is 18.4 Å². The molecule has 3 nitrogen and oxygen atoms in total. The molecule has 1 aromatic carbocycles. The molecule has 0 saturated carbocycles. The van der Waals surface area contributed by atoms with Crippen molar-refractivity contribution in [3.05, 3.63) is 35.4 Å². The van der Waals surface area contributed by atoms with Crippen LogP contribution in [0.15, 0.2) is 24.3 Å². The summed E-state index contributed by atoms with van der Waals surface area (Å²) < 4.78 is 11.4. The predicted octanol–water partition coefficient (Wildman–Crippen LogP) is 1.25. The third-order valence-corrected chi connectivity index (χ3v) is 3.89. The molecule has 1 N–H and O–H groups in total. The van der Waals surface area contributed by atoms with Crippen LogP contribution < -0.4 is 5.32 Å². The first-order valence-electron chi connectivity index (χ1n) is 6.28. The monoisotopic (exact) mass is 233 g/mol. The first-order chi connectivity index (χ1) is 8.31. The SMILES string of the molecule is Cc1ccc(C2(C3CNCCO3)COC2)cc1. The normalized spacial score (nSPS) is 27.5. The molecule has 2 aliphatic heterocycles. The number of morpholine rings is 1. The van der Waals surface area contributed by atoms with Gasteiger partial charge in [-0.25, -0.2) is 0 Å². The summed E-state index contributed by atoms with van der Waals surface area (Å²) in [5, 5.41) is 3.41. The van der Waals surface area contributed by atoms with Crippen LogP contribution in [-0.2, 0) is 14.9 Å². The van der Waals surface area contributed by atoms with E-state index < -0.39 is 0 Å². The van der Waals surface area contributed by atoms with Gasteiger partial charge in [0, 0.05) is 13.1 Å². The highest BCUT2D eigenvalue weighted by Gasteiger charge is 2.48. The van der Waals surface area contributed by atoms with E-state index in [2.05, 4.69) is 36.5 Å². The molecule has 0 radical (unpaired) electrons. The van der Waals surface area contributed by atoms with Crippen LogP contribution >= 0.6 is 0 Å². The Hall–Kier alpha value is -0.900. The second-order valence-electron chi connectivity index (χ2n) is 5.08. The Bertz CT molecular complexity index is 378. The van der Waals surface area contributed by atoms with Crippen molar-refractivity contribution >= 4 is 0 Å². The van der Waals surface area contributed by atoms with E-state index >= 15 is 0 Å². The summed E-state index contributed by atoms with van der Waals surface area (Å²) >= 11 is 0. The van der Waals surface area contributed by atoms with Gasteiger partial charge < -0.3 is 14.8 Å². The maximum absolute atomic E-state index is 5.93. The summed E-state index contributed by atoms with van der Waals surface area (Å²) in [5.74, 6) is 0. The van der Waals surface area contributed by atoms with Crippen LogP contribution in [0.5, 0.6) is 0 Å². The minimum absolute atomic E-state index is 0.0706. The molecule has 0 amide bonds.